The number of hydrogen-bond acceptors (Lipinski definition) is 3. The third kappa shape index (κ3) is 3.15. The van der Waals surface area contributed by atoms with E-state index in [1.807, 2.05) is 7.05 Å². The molecule has 3 nitrogen and oxygen atoms in total. The number of aliphatic hydroxyl groups is 1. The molecule has 0 heterocycles. The van der Waals surface area contributed by atoms with Crippen LogP contribution in [-0.2, 0) is 0 Å². The SMILES string of the molecule is CNC(CO)(COc1cc(C(C)C)ccc1C)C1CC1. The standard InChI is InChI=1S/C17H27NO2/c1-12(2)14-6-5-13(3)16(9-14)20-11-17(10-19,18-4)15-7-8-15/h5-6,9,12,15,18-19H,7-8,10-11H2,1-4H3. The Morgan fingerprint density at radius 3 is 2.60 bits per heavy atom. The van der Waals surface area contributed by atoms with Gasteiger partial charge in [0, 0.05) is 0 Å². The molecule has 0 aliphatic heterocycles. The molecule has 0 saturated heterocycles. The number of rotatable bonds is 7. The summed E-state index contributed by atoms with van der Waals surface area (Å²) in [5.74, 6) is 1.96. The first-order valence-electron chi connectivity index (χ1n) is 7.55. The lowest BCUT2D eigenvalue weighted by atomic mass is 9.95. The van der Waals surface area contributed by atoms with Crippen LogP contribution in [-0.4, -0.2) is 30.9 Å². The summed E-state index contributed by atoms with van der Waals surface area (Å²) in [4.78, 5) is 0. The Morgan fingerprint density at radius 2 is 2.10 bits per heavy atom. The maximum absolute atomic E-state index is 9.73. The van der Waals surface area contributed by atoms with E-state index in [9.17, 15) is 5.11 Å². The molecule has 0 spiro atoms. The van der Waals surface area contributed by atoms with E-state index in [1.54, 1.807) is 0 Å². The van der Waals surface area contributed by atoms with Gasteiger partial charge in [-0.1, -0.05) is 26.0 Å². The number of likely N-dealkylation sites (N-methyl/N-ethyl adjacent to an activating group) is 1. The highest BCUT2D eigenvalue weighted by Gasteiger charge is 2.44. The van der Waals surface area contributed by atoms with E-state index < -0.39 is 0 Å². The lowest BCUT2D eigenvalue weighted by molar-refractivity contribution is 0.0911. The molecular weight excluding hydrogens is 250 g/mol. The van der Waals surface area contributed by atoms with Crippen molar-refractivity contribution in [1.29, 1.82) is 0 Å². The van der Waals surface area contributed by atoms with Crippen LogP contribution in [0.15, 0.2) is 18.2 Å². The van der Waals surface area contributed by atoms with Gasteiger partial charge < -0.3 is 15.2 Å². The van der Waals surface area contributed by atoms with Crippen LogP contribution in [0, 0.1) is 12.8 Å². The zero-order valence-electron chi connectivity index (χ0n) is 13.1. The van der Waals surface area contributed by atoms with E-state index in [1.165, 1.54) is 18.4 Å². The minimum absolute atomic E-state index is 0.122. The predicted octanol–water partition coefficient (Wildman–Crippen LogP) is 2.86. The molecule has 1 atom stereocenters. The Balaban J connectivity index is 2.11. The number of benzene rings is 1. The number of aryl methyl sites for hydroxylation is 1. The van der Waals surface area contributed by atoms with Crippen LogP contribution in [0.4, 0.5) is 0 Å². The zero-order valence-corrected chi connectivity index (χ0v) is 13.1. The van der Waals surface area contributed by atoms with Gasteiger partial charge in [0.25, 0.3) is 0 Å². The third-order valence-electron chi connectivity index (χ3n) is 4.50. The molecule has 1 aromatic rings. The third-order valence-corrected chi connectivity index (χ3v) is 4.50. The predicted molar refractivity (Wildman–Crippen MR) is 82.4 cm³/mol. The van der Waals surface area contributed by atoms with E-state index in [0.717, 1.165) is 11.3 Å². The molecule has 0 bridgehead atoms. The van der Waals surface area contributed by atoms with Crippen molar-refractivity contribution in [3.8, 4) is 5.75 Å². The second-order valence-electron chi connectivity index (χ2n) is 6.31. The van der Waals surface area contributed by atoms with Crippen molar-refractivity contribution in [3.05, 3.63) is 29.3 Å². The Morgan fingerprint density at radius 1 is 1.40 bits per heavy atom. The summed E-state index contributed by atoms with van der Waals surface area (Å²) in [6, 6.07) is 6.40. The fraction of sp³-hybridized carbons (Fsp3) is 0.647. The summed E-state index contributed by atoms with van der Waals surface area (Å²) in [5, 5.41) is 13.0. The molecular formula is C17H27NO2. The molecule has 0 aromatic heterocycles. The van der Waals surface area contributed by atoms with Crippen LogP contribution in [0.25, 0.3) is 0 Å². The van der Waals surface area contributed by atoms with E-state index in [4.69, 9.17) is 4.74 Å². The average molecular weight is 277 g/mol. The van der Waals surface area contributed by atoms with Crippen LogP contribution in [0.3, 0.4) is 0 Å². The molecule has 1 aliphatic carbocycles. The molecule has 1 saturated carbocycles. The largest absolute Gasteiger partial charge is 0.491 e. The smallest absolute Gasteiger partial charge is 0.122 e. The van der Waals surface area contributed by atoms with Crippen LogP contribution in [0.2, 0.25) is 0 Å². The highest BCUT2D eigenvalue weighted by molar-refractivity contribution is 5.37. The van der Waals surface area contributed by atoms with Crippen LogP contribution >= 0.6 is 0 Å². The van der Waals surface area contributed by atoms with Crippen molar-refractivity contribution in [2.75, 3.05) is 20.3 Å². The first kappa shape index (κ1) is 15.3. The summed E-state index contributed by atoms with van der Waals surface area (Å²) in [7, 11) is 1.91. The van der Waals surface area contributed by atoms with Gasteiger partial charge in [-0.15, -0.1) is 0 Å². The molecule has 20 heavy (non-hydrogen) atoms. The number of hydrogen-bond donors (Lipinski definition) is 2. The topological polar surface area (TPSA) is 41.5 Å². The van der Waals surface area contributed by atoms with E-state index in [0.29, 0.717) is 18.4 Å². The van der Waals surface area contributed by atoms with Gasteiger partial charge in [-0.3, -0.25) is 0 Å². The summed E-state index contributed by atoms with van der Waals surface area (Å²) in [6.07, 6.45) is 2.35. The van der Waals surface area contributed by atoms with Crippen molar-refractivity contribution in [2.24, 2.45) is 5.92 Å². The Kier molecular flexibility index (Phi) is 4.71. The summed E-state index contributed by atoms with van der Waals surface area (Å²) < 4.78 is 6.05. The molecule has 0 radical (unpaired) electrons. The first-order valence-corrected chi connectivity index (χ1v) is 7.55. The van der Waals surface area contributed by atoms with E-state index >= 15 is 0 Å². The summed E-state index contributed by atoms with van der Waals surface area (Å²) in [5.41, 5.74) is 2.14. The minimum Gasteiger partial charge on any atom is -0.491 e. The number of nitrogens with one attached hydrogen (secondary N) is 1. The van der Waals surface area contributed by atoms with Gasteiger partial charge in [-0.05, 0) is 55.8 Å². The lowest BCUT2D eigenvalue weighted by Gasteiger charge is -2.32. The van der Waals surface area contributed by atoms with Crippen molar-refractivity contribution in [3.63, 3.8) is 0 Å². The molecule has 1 fully saturated rings. The molecule has 2 N–H and O–H groups in total. The molecule has 2 rings (SSSR count). The second kappa shape index (κ2) is 6.15. The Bertz CT molecular complexity index is 448. The lowest BCUT2D eigenvalue weighted by Crippen LogP contribution is -2.53. The van der Waals surface area contributed by atoms with Gasteiger partial charge in [-0.25, -0.2) is 0 Å². The monoisotopic (exact) mass is 277 g/mol. The fourth-order valence-electron chi connectivity index (χ4n) is 2.62. The maximum Gasteiger partial charge on any atom is 0.122 e. The Hall–Kier alpha value is -1.06. The molecule has 1 unspecified atom stereocenters. The van der Waals surface area contributed by atoms with E-state index in [2.05, 4.69) is 44.3 Å². The van der Waals surface area contributed by atoms with Crippen LogP contribution in [0.5, 0.6) is 5.75 Å². The van der Waals surface area contributed by atoms with Crippen LogP contribution < -0.4 is 10.1 Å². The van der Waals surface area contributed by atoms with Crippen molar-refractivity contribution >= 4 is 0 Å². The normalized spacial score (nSPS) is 18.1. The van der Waals surface area contributed by atoms with Crippen molar-refractivity contribution in [2.45, 2.75) is 45.1 Å². The minimum atomic E-state index is -0.291. The molecule has 0 amide bonds. The van der Waals surface area contributed by atoms with Gasteiger partial charge in [-0.2, -0.15) is 0 Å². The highest BCUT2D eigenvalue weighted by Crippen LogP contribution is 2.40. The summed E-state index contributed by atoms with van der Waals surface area (Å²) in [6.45, 7) is 7.08. The van der Waals surface area contributed by atoms with Crippen LogP contribution in [0.1, 0.15) is 43.7 Å². The van der Waals surface area contributed by atoms with Gasteiger partial charge in [0.15, 0.2) is 0 Å². The van der Waals surface area contributed by atoms with Crippen molar-refractivity contribution < 1.29 is 9.84 Å². The maximum atomic E-state index is 9.73. The number of aliphatic hydroxyl groups excluding tert-OH is 1. The summed E-state index contributed by atoms with van der Waals surface area (Å²) >= 11 is 0. The zero-order chi connectivity index (χ0) is 14.8. The Labute approximate surface area is 122 Å². The fourth-order valence-corrected chi connectivity index (χ4v) is 2.62. The van der Waals surface area contributed by atoms with Gasteiger partial charge in [0.05, 0.1) is 12.1 Å². The van der Waals surface area contributed by atoms with Crippen molar-refractivity contribution in [1.82, 2.24) is 5.32 Å². The van der Waals surface area contributed by atoms with Gasteiger partial charge in [0.1, 0.15) is 12.4 Å². The molecule has 1 aliphatic rings. The average Bonchev–Trinajstić information content (AvgIpc) is 3.27. The van der Waals surface area contributed by atoms with E-state index in [-0.39, 0.29) is 12.1 Å². The second-order valence-corrected chi connectivity index (χ2v) is 6.31. The quantitative estimate of drug-likeness (QED) is 0.805. The molecule has 112 valence electrons. The molecule has 1 aromatic carbocycles. The van der Waals surface area contributed by atoms with Gasteiger partial charge in [0.2, 0.25) is 0 Å². The first-order chi connectivity index (χ1) is 9.52. The van der Waals surface area contributed by atoms with Gasteiger partial charge >= 0.3 is 0 Å². The molecule has 3 heteroatoms. The number of ether oxygens (including phenoxy) is 1. The highest BCUT2D eigenvalue weighted by atomic mass is 16.5.